The lowest BCUT2D eigenvalue weighted by Crippen LogP contribution is -2.10. The van der Waals surface area contributed by atoms with Crippen molar-refractivity contribution in [3.8, 4) is 0 Å². The van der Waals surface area contributed by atoms with Crippen LogP contribution in [0.1, 0.15) is 23.3 Å². The second kappa shape index (κ2) is 6.02. The quantitative estimate of drug-likeness (QED) is 0.763. The number of rotatable bonds is 6. The highest BCUT2D eigenvalue weighted by Gasteiger charge is 2.15. The lowest BCUT2D eigenvalue weighted by Gasteiger charge is -2.07. The van der Waals surface area contributed by atoms with Crippen LogP contribution in [-0.4, -0.2) is 50.3 Å². The van der Waals surface area contributed by atoms with Gasteiger partial charge in [-0.05, 0) is 12.8 Å². The molecule has 0 amide bonds. The fourth-order valence-corrected chi connectivity index (χ4v) is 2.66. The first-order valence-corrected chi connectivity index (χ1v) is 6.74. The molecule has 0 aliphatic carbocycles. The van der Waals surface area contributed by atoms with E-state index in [-0.39, 0.29) is 5.69 Å². The second-order valence-corrected chi connectivity index (χ2v) is 5.03. The molecule has 1 aromatic heterocycles. The minimum absolute atomic E-state index is 0.00544. The molecule has 0 aromatic carbocycles. The van der Waals surface area contributed by atoms with Crippen LogP contribution in [0.15, 0.2) is 6.20 Å². The summed E-state index contributed by atoms with van der Waals surface area (Å²) in [6.45, 7) is 1.56. The summed E-state index contributed by atoms with van der Waals surface area (Å²) in [6.07, 6.45) is 4.16. The Hall–Kier alpha value is -1.08. The number of ether oxygens (including phenoxy) is 1. The Morgan fingerprint density at radius 2 is 2.59 bits per heavy atom. The third-order valence-corrected chi connectivity index (χ3v) is 3.63. The molecule has 7 heteroatoms. The van der Waals surface area contributed by atoms with Gasteiger partial charge in [-0.25, -0.2) is 4.79 Å². The van der Waals surface area contributed by atoms with Gasteiger partial charge in [0.1, 0.15) is 0 Å². The zero-order valence-electron chi connectivity index (χ0n) is 9.41. The number of aromatic carboxylic acids is 1. The molecule has 1 aromatic rings. The van der Waals surface area contributed by atoms with Gasteiger partial charge in [0.2, 0.25) is 0 Å². The summed E-state index contributed by atoms with van der Waals surface area (Å²) in [7, 11) is 0. The van der Waals surface area contributed by atoms with Crippen LogP contribution >= 0.6 is 11.8 Å². The van der Waals surface area contributed by atoms with E-state index in [0.29, 0.717) is 12.6 Å². The average molecular weight is 257 g/mol. The summed E-state index contributed by atoms with van der Waals surface area (Å²) in [5.74, 6) is 0.853. The van der Waals surface area contributed by atoms with Gasteiger partial charge in [0.25, 0.3) is 0 Å². The normalized spacial score (nSPS) is 19.6. The molecule has 0 radical (unpaired) electrons. The fourth-order valence-electron chi connectivity index (χ4n) is 1.65. The monoisotopic (exact) mass is 257 g/mol. The zero-order valence-corrected chi connectivity index (χ0v) is 10.2. The molecule has 17 heavy (non-hydrogen) atoms. The minimum atomic E-state index is -1.04. The van der Waals surface area contributed by atoms with Gasteiger partial charge in [-0.3, -0.25) is 4.68 Å². The van der Waals surface area contributed by atoms with Gasteiger partial charge in [-0.1, -0.05) is 5.21 Å². The number of hydrogen-bond donors (Lipinski definition) is 1. The molecule has 2 heterocycles. The van der Waals surface area contributed by atoms with Crippen molar-refractivity contribution in [2.24, 2.45) is 0 Å². The number of aromatic nitrogens is 3. The Morgan fingerprint density at radius 1 is 1.71 bits per heavy atom. The van der Waals surface area contributed by atoms with E-state index >= 15 is 0 Å². The number of thioether (sulfide) groups is 1. The minimum Gasteiger partial charge on any atom is -0.476 e. The maximum atomic E-state index is 10.6. The van der Waals surface area contributed by atoms with Crippen LogP contribution in [0.3, 0.4) is 0 Å². The number of nitrogens with zero attached hydrogens (tertiary/aromatic N) is 3. The smallest absolute Gasteiger partial charge is 0.358 e. The van der Waals surface area contributed by atoms with Crippen molar-refractivity contribution in [3.05, 3.63) is 11.9 Å². The first-order chi connectivity index (χ1) is 8.25. The molecule has 0 spiro atoms. The molecule has 1 saturated heterocycles. The molecule has 94 valence electrons. The third kappa shape index (κ3) is 3.71. The van der Waals surface area contributed by atoms with E-state index in [1.165, 1.54) is 6.20 Å². The number of aryl methyl sites for hydroxylation is 1. The van der Waals surface area contributed by atoms with Crippen molar-refractivity contribution in [2.75, 3.05) is 18.1 Å². The lowest BCUT2D eigenvalue weighted by molar-refractivity contribution is 0.0690. The highest BCUT2D eigenvalue weighted by Crippen LogP contribution is 2.17. The van der Waals surface area contributed by atoms with Crippen LogP contribution in [0.25, 0.3) is 0 Å². The van der Waals surface area contributed by atoms with Gasteiger partial charge < -0.3 is 9.84 Å². The summed E-state index contributed by atoms with van der Waals surface area (Å²) >= 11 is 1.80. The summed E-state index contributed by atoms with van der Waals surface area (Å²) in [6, 6.07) is 0. The average Bonchev–Trinajstić information content (AvgIpc) is 2.96. The molecule has 1 atom stereocenters. The Labute approximate surface area is 103 Å². The Balaban J connectivity index is 1.65. The number of carboxylic acid groups (broad SMARTS) is 1. The van der Waals surface area contributed by atoms with E-state index in [1.54, 1.807) is 16.4 Å². The van der Waals surface area contributed by atoms with Crippen molar-refractivity contribution < 1.29 is 14.6 Å². The van der Waals surface area contributed by atoms with Crippen LogP contribution < -0.4 is 0 Å². The van der Waals surface area contributed by atoms with E-state index in [1.807, 2.05) is 0 Å². The van der Waals surface area contributed by atoms with Crippen molar-refractivity contribution in [1.29, 1.82) is 0 Å². The van der Waals surface area contributed by atoms with Crippen molar-refractivity contribution in [3.63, 3.8) is 0 Å². The van der Waals surface area contributed by atoms with Crippen molar-refractivity contribution in [2.45, 2.75) is 25.5 Å². The topological polar surface area (TPSA) is 77.2 Å². The molecule has 1 fully saturated rings. The van der Waals surface area contributed by atoms with Crippen LogP contribution in [0.4, 0.5) is 0 Å². The SMILES string of the molecule is O=C(O)c1cn(CCSCC2CCCO2)nn1. The largest absolute Gasteiger partial charge is 0.476 e. The van der Waals surface area contributed by atoms with Crippen LogP contribution in [-0.2, 0) is 11.3 Å². The Morgan fingerprint density at radius 3 is 3.24 bits per heavy atom. The van der Waals surface area contributed by atoms with E-state index < -0.39 is 5.97 Å². The molecule has 1 aliphatic heterocycles. The highest BCUT2D eigenvalue weighted by atomic mass is 32.2. The van der Waals surface area contributed by atoms with E-state index in [2.05, 4.69) is 10.3 Å². The van der Waals surface area contributed by atoms with Crippen molar-refractivity contribution in [1.82, 2.24) is 15.0 Å². The molecular weight excluding hydrogens is 242 g/mol. The zero-order chi connectivity index (χ0) is 12.1. The summed E-state index contributed by atoms with van der Waals surface area (Å²) in [5, 5.41) is 16.0. The van der Waals surface area contributed by atoms with Gasteiger partial charge >= 0.3 is 5.97 Å². The maximum absolute atomic E-state index is 10.6. The third-order valence-electron chi connectivity index (χ3n) is 2.55. The van der Waals surface area contributed by atoms with Crippen LogP contribution in [0.2, 0.25) is 0 Å². The van der Waals surface area contributed by atoms with Gasteiger partial charge in [0.15, 0.2) is 5.69 Å². The van der Waals surface area contributed by atoms with E-state index in [0.717, 1.165) is 31.0 Å². The fraction of sp³-hybridized carbons (Fsp3) is 0.700. The predicted molar refractivity (Wildman–Crippen MR) is 63.3 cm³/mol. The van der Waals surface area contributed by atoms with Crippen LogP contribution in [0, 0.1) is 0 Å². The number of carbonyl (C=O) groups is 1. The predicted octanol–water partition coefficient (Wildman–Crippen LogP) is 0.888. The first-order valence-electron chi connectivity index (χ1n) is 5.58. The van der Waals surface area contributed by atoms with Crippen molar-refractivity contribution >= 4 is 17.7 Å². The molecule has 1 N–H and O–H groups in total. The number of carboxylic acids is 1. The van der Waals surface area contributed by atoms with Gasteiger partial charge in [0.05, 0.1) is 18.8 Å². The van der Waals surface area contributed by atoms with E-state index in [9.17, 15) is 4.79 Å². The van der Waals surface area contributed by atoms with E-state index in [4.69, 9.17) is 9.84 Å². The molecule has 6 nitrogen and oxygen atoms in total. The first kappa shape index (κ1) is 12.4. The molecule has 1 aliphatic rings. The summed E-state index contributed by atoms with van der Waals surface area (Å²) in [4.78, 5) is 10.6. The van der Waals surface area contributed by atoms with Gasteiger partial charge in [-0.15, -0.1) is 5.10 Å². The molecule has 0 saturated carbocycles. The lowest BCUT2D eigenvalue weighted by atomic mass is 10.3. The maximum Gasteiger partial charge on any atom is 0.358 e. The molecule has 0 bridgehead atoms. The Bertz CT molecular complexity index is 377. The molecule has 1 unspecified atom stereocenters. The molecular formula is C10H15N3O3S. The van der Waals surface area contributed by atoms with Gasteiger partial charge in [-0.2, -0.15) is 11.8 Å². The van der Waals surface area contributed by atoms with Crippen LogP contribution in [0.5, 0.6) is 0 Å². The molecule has 2 rings (SSSR count). The summed E-state index contributed by atoms with van der Waals surface area (Å²) < 4.78 is 7.07. The summed E-state index contributed by atoms with van der Waals surface area (Å²) in [5.41, 5.74) is -0.00544. The Kier molecular flexibility index (Phi) is 4.38. The van der Waals surface area contributed by atoms with Gasteiger partial charge in [0, 0.05) is 18.1 Å². The standard InChI is InChI=1S/C10H15N3O3S/c14-10(15)9-6-13(12-11-9)3-5-17-7-8-2-1-4-16-8/h6,8H,1-5,7H2,(H,14,15). The second-order valence-electron chi connectivity index (χ2n) is 3.88. The number of hydrogen-bond acceptors (Lipinski definition) is 5. The highest BCUT2D eigenvalue weighted by molar-refractivity contribution is 7.99.